The quantitative estimate of drug-likeness (QED) is 0.223. The van der Waals surface area contributed by atoms with E-state index in [2.05, 4.69) is 9.71 Å². The van der Waals surface area contributed by atoms with Crippen LogP contribution in [0.4, 0.5) is 17.6 Å². The van der Waals surface area contributed by atoms with Gasteiger partial charge in [0.05, 0.1) is 34.4 Å². The molecule has 0 saturated heterocycles. The molecule has 0 amide bonds. The Balaban J connectivity index is 1.75. The number of carbonyl (C=O) groups is 1. The summed E-state index contributed by atoms with van der Waals surface area (Å²) in [6.07, 6.45) is -3.75. The number of alkyl halides is 3. The number of hydrogen-bond acceptors (Lipinski definition) is 5. The fourth-order valence-electron chi connectivity index (χ4n) is 3.92. The minimum absolute atomic E-state index is 0.0449. The molecule has 0 radical (unpaired) electrons. The van der Waals surface area contributed by atoms with Crippen LogP contribution in [0.15, 0.2) is 59.1 Å². The monoisotopic (exact) mass is 578 g/mol. The first kappa shape index (κ1) is 29.2. The number of furan rings is 1. The number of para-hydroxylation sites is 1. The van der Waals surface area contributed by atoms with Gasteiger partial charge in [0, 0.05) is 28.3 Å². The number of carboxylic acid groups (broad SMARTS) is 1. The second kappa shape index (κ2) is 11.4. The second-order valence-corrected chi connectivity index (χ2v) is 12.0. The third-order valence-electron chi connectivity index (χ3n) is 5.84. The molecule has 0 aliphatic heterocycles. The van der Waals surface area contributed by atoms with Gasteiger partial charge >= 0.3 is 12.1 Å². The molecule has 4 rings (SSSR count). The SMILES string of the molecule is CC(C)(C)S(=O)NCc1nccc(-c2cc(COc3ccccc3CC(=O)O)cc3cc(C(F)(F)F)oc23)c1F. The van der Waals surface area contributed by atoms with Crippen molar-refractivity contribution in [2.45, 2.75) is 51.3 Å². The van der Waals surface area contributed by atoms with Crippen LogP contribution >= 0.6 is 0 Å². The Kier molecular flexibility index (Phi) is 8.31. The number of halogens is 4. The zero-order chi connectivity index (χ0) is 29.2. The third kappa shape index (κ3) is 6.68. The van der Waals surface area contributed by atoms with Gasteiger partial charge in [-0.05, 0) is 56.7 Å². The van der Waals surface area contributed by atoms with Crippen molar-refractivity contribution in [3.8, 4) is 16.9 Å². The molecular formula is C28H26F4N2O5S. The molecule has 212 valence electrons. The highest BCUT2D eigenvalue weighted by Gasteiger charge is 2.36. The molecule has 1 atom stereocenters. The van der Waals surface area contributed by atoms with E-state index in [0.717, 1.165) is 6.07 Å². The number of hydrogen-bond donors (Lipinski definition) is 2. The van der Waals surface area contributed by atoms with Gasteiger partial charge in [0.15, 0.2) is 5.82 Å². The maximum atomic E-state index is 15.7. The van der Waals surface area contributed by atoms with E-state index in [0.29, 0.717) is 16.9 Å². The van der Waals surface area contributed by atoms with Gasteiger partial charge in [-0.1, -0.05) is 18.2 Å². The molecule has 0 spiro atoms. The maximum Gasteiger partial charge on any atom is 0.449 e. The smallest absolute Gasteiger partial charge is 0.449 e. The molecule has 2 aromatic heterocycles. The topological polar surface area (TPSA) is 102 Å². The number of fused-ring (bicyclic) bond motifs is 1. The minimum Gasteiger partial charge on any atom is -0.489 e. The van der Waals surface area contributed by atoms with Crippen LogP contribution in [-0.4, -0.2) is 25.0 Å². The standard InChI is InChI=1S/C28H26F4N2O5S/c1-27(2,3)40(37)34-14-21-25(29)19(8-9-33-21)20-11-16(10-18-12-23(28(30,31)32)39-26(18)20)15-38-22-7-5-4-6-17(22)13-24(35)36/h4-12,34H,13-15H2,1-3H3,(H,35,36). The first-order valence-electron chi connectivity index (χ1n) is 12.1. The van der Waals surface area contributed by atoms with Gasteiger partial charge in [-0.3, -0.25) is 9.78 Å². The van der Waals surface area contributed by atoms with Crippen LogP contribution in [0.5, 0.6) is 5.75 Å². The van der Waals surface area contributed by atoms with E-state index in [9.17, 15) is 22.2 Å². The van der Waals surface area contributed by atoms with Crippen molar-refractivity contribution in [1.82, 2.24) is 9.71 Å². The molecular weight excluding hydrogens is 552 g/mol. The summed E-state index contributed by atoms with van der Waals surface area (Å²) in [5.74, 6) is -2.81. The summed E-state index contributed by atoms with van der Waals surface area (Å²) in [6, 6.07) is 11.5. The molecule has 0 bridgehead atoms. The van der Waals surface area contributed by atoms with E-state index >= 15 is 4.39 Å². The number of aromatic nitrogens is 1. The van der Waals surface area contributed by atoms with Crippen molar-refractivity contribution in [3.63, 3.8) is 0 Å². The molecule has 7 nitrogen and oxygen atoms in total. The van der Waals surface area contributed by atoms with E-state index in [1.54, 1.807) is 45.0 Å². The fraction of sp³-hybridized carbons (Fsp3) is 0.286. The van der Waals surface area contributed by atoms with Gasteiger partial charge in [0.1, 0.15) is 17.9 Å². The van der Waals surface area contributed by atoms with Gasteiger partial charge in [0.2, 0.25) is 5.76 Å². The van der Waals surface area contributed by atoms with Crippen LogP contribution in [-0.2, 0) is 41.5 Å². The Morgan fingerprint density at radius 1 is 1.10 bits per heavy atom. The van der Waals surface area contributed by atoms with Gasteiger partial charge in [0.25, 0.3) is 0 Å². The van der Waals surface area contributed by atoms with Crippen molar-refractivity contribution >= 4 is 27.9 Å². The third-order valence-corrected chi connectivity index (χ3v) is 7.36. The molecule has 0 fully saturated rings. The minimum atomic E-state index is -4.77. The summed E-state index contributed by atoms with van der Waals surface area (Å²) in [7, 11) is -1.51. The van der Waals surface area contributed by atoms with Gasteiger partial charge in [-0.25, -0.2) is 13.3 Å². The molecule has 40 heavy (non-hydrogen) atoms. The van der Waals surface area contributed by atoms with Crippen molar-refractivity contribution < 1.29 is 40.8 Å². The van der Waals surface area contributed by atoms with Crippen LogP contribution in [0.1, 0.15) is 43.4 Å². The molecule has 0 aliphatic rings. The summed E-state index contributed by atoms with van der Waals surface area (Å²) in [4.78, 5) is 15.2. The van der Waals surface area contributed by atoms with E-state index in [4.69, 9.17) is 14.3 Å². The number of aliphatic carboxylic acids is 1. The first-order valence-corrected chi connectivity index (χ1v) is 13.2. The molecule has 0 saturated carbocycles. The highest BCUT2D eigenvalue weighted by atomic mass is 32.2. The van der Waals surface area contributed by atoms with Crippen LogP contribution < -0.4 is 9.46 Å². The summed E-state index contributed by atoms with van der Waals surface area (Å²) in [5.41, 5.74) is 0.550. The van der Waals surface area contributed by atoms with Gasteiger partial charge < -0.3 is 14.3 Å². The summed E-state index contributed by atoms with van der Waals surface area (Å²) in [5, 5.41) is 9.24. The Hall–Kier alpha value is -3.77. The molecule has 0 aliphatic carbocycles. The predicted octanol–water partition coefficient (Wildman–Crippen LogP) is 6.41. The van der Waals surface area contributed by atoms with Crippen LogP contribution in [0.25, 0.3) is 22.1 Å². The molecule has 1 unspecified atom stereocenters. The van der Waals surface area contributed by atoms with Gasteiger partial charge in [-0.15, -0.1) is 0 Å². The normalized spacial score (nSPS) is 13.0. The maximum absolute atomic E-state index is 15.7. The zero-order valence-corrected chi connectivity index (χ0v) is 22.6. The first-order chi connectivity index (χ1) is 18.7. The average Bonchev–Trinajstić information content (AvgIpc) is 3.31. The second-order valence-electron chi connectivity index (χ2n) is 9.96. The number of pyridine rings is 1. The van der Waals surface area contributed by atoms with E-state index in [1.807, 2.05) is 0 Å². The summed E-state index contributed by atoms with van der Waals surface area (Å²) < 4.78 is 81.7. The summed E-state index contributed by atoms with van der Waals surface area (Å²) >= 11 is 0. The number of ether oxygens (including phenoxy) is 1. The highest BCUT2D eigenvalue weighted by molar-refractivity contribution is 7.84. The number of carboxylic acids is 1. The number of benzene rings is 2. The lowest BCUT2D eigenvalue weighted by Gasteiger charge is -2.18. The Morgan fingerprint density at radius 2 is 1.82 bits per heavy atom. The largest absolute Gasteiger partial charge is 0.489 e. The number of rotatable bonds is 9. The Morgan fingerprint density at radius 3 is 2.50 bits per heavy atom. The van der Waals surface area contributed by atoms with Gasteiger partial charge in [-0.2, -0.15) is 13.2 Å². The van der Waals surface area contributed by atoms with E-state index in [-0.39, 0.29) is 47.4 Å². The lowest BCUT2D eigenvalue weighted by Crippen LogP contribution is -2.33. The molecule has 2 N–H and O–H groups in total. The number of nitrogens with zero attached hydrogens (tertiary/aromatic N) is 1. The highest BCUT2D eigenvalue weighted by Crippen LogP contribution is 2.39. The van der Waals surface area contributed by atoms with Crippen LogP contribution in [0.3, 0.4) is 0 Å². The number of nitrogens with one attached hydrogen (secondary N) is 1. The molecule has 4 aromatic rings. The van der Waals surface area contributed by atoms with Crippen LogP contribution in [0.2, 0.25) is 0 Å². The Labute approximate surface area is 229 Å². The van der Waals surface area contributed by atoms with Crippen molar-refractivity contribution in [2.75, 3.05) is 0 Å². The molecule has 2 heterocycles. The lowest BCUT2D eigenvalue weighted by molar-refractivity contribution is -0.152. The molecule has 2 aromatic carbocycles. The average molecular weight is 579 g/mol. The van der Waals surface area contributed by atoms with Crippen molar-refractivity contribution in [1.29, 1.82) is 0 Å². The fourth-order valence-corrected chi connectivity index (χ4v) is 4.62. The van der Waals surface area contributed by atoms with Crippen molar-refractivity contribution in [2.24, 2.45) is 0 Å². The van der Waals surface area contributed by atoms with E-state index in [1.165, 1.54) is 24.4 Å². The van der Waals surface area contributed by atoms with E-state index < -0.39 is 39.5 Å². The summed E-state index contributed by atoms with van der Waals surface area (Å²) in [6.45, 7) is 4.92. The lowest BCUT2D eigenvalue weighted by atomic mass is 10.00. The molecule has 12 heteroatoms. The Bertz CT molecular complexity index is 1580. The zero-order valence-electron chi connectivity index (χ0n) is 21.8. The predicted molar refractivity (Wildman–Crippen MR) is 141 cm³/mol. The van der Waals surface area contributed by atoms with Crippen molar-refractivity contribution in [3.05, 3.63) is 83.1 Å². The van der Waals surface area contributed by atoms with Crippen LogP contribution in [0, 0.1) is 5.82 Å².